The van der Waals surface area contributed by atoms with Crippen molar-refractivity contribution in [2.24, 2.45) is 0 Å². The van der Waals surface area contributed by atoms with E-state index < -0.39 is 0 Å². The van der Waals surface area contributed by atoms with Crippen LogP contribution in [0.1, 0.15) is 0 Å². The highest BCUT2D eigenvalue weighted by atomic mass is 14.8. The summed E-state index contributed by atoms with van der Waals surface area (Å²) in [5.74, 6) is 0. The molecule has 1 aliphatic heterocycles. The van der Waals surface area contributed by atoms with E-state index in [1.54, 1.807) is 0 Å². The third-order valence-corrected chi connectivity index (χ3v) is 0.523. The third kappa shape index (κ3) is 0.407. The Morgan fingerprint density at radius 3 is 3.00 bits per heavy atom. The predicted molar refractivity (Wildman–Crippen MR) is 20.4 cm³/mol. The van der Waals surface area contributed by atoms with E-state index in [0.717, 1.165) is 6.54 Å². The summed E-state index contributed by atoms with van der Waals surface area (Å²) >= 11 is 0. The van der Waals surface area contributed by atoms with Gasteiger partial charge in [-0.25, -0.2) is 0 Å². The summed E-state index contributed by atoms with van der Waals surface area (Å²) in [5.41, 5.74) is 0. The van der Waals surface area contributed by atoms with Crippen LogP contribution in [0.15, 0.2) is 12.3 Å². The van der Waals surface area contributed by atoms with Crippen molar-refractivity contribution in [3.05, 3.63) is 18.7 Å². The van der Waals surface area contributed by atoms with Gasteiger partial charge in [0, 0.05) is 13.0 Å². The molecule has 0 bridgehead atoms. The second-order valence-electron chi connectivity index (χ2n) is 0.918. The van der Waals surface area contributed by atoms with Crippen LogP contribution in [-0.4, -0.2) is 6.54 Å². The van der Waals surface area contributed by atoms with Gasteiger partial charge in [-0.05, 0) is 6.20 Å². The molecule has 0 unspecified atom stereocenters. The third-order valence-electron chi connectivity index (χ3n) is 0.523. The fraction of sp³-hybridized carbons (Fsp3) is 0.250. The first-order valence-electron chi connectivity index (χ1n) is 1.62. The van der Waals surface area contributed by atoms with Gasteiger partial charge in [-0.1, -0.05) is 6.08 Å². The van der Waals surface area contributed by atoms with E-state index in [9.17, 15) is 0 Å². The van der Waals surface area contributed by atoms with Crippen LogP contribution in [0.4, 0.5) is 0 Å². The number of nitrogens with one attached hydrogen (secondary N) is 1. The van der Waals surface area contributed by atoms with E-state index >= 15 is 0 Å². The molecular weight excluding hydrogens is 62.1 g/mol. The Kier molecular flexibility index (Phi) is 0.612. The lowest BCUT2D eigenvalue weighted by molar-refractivity contribution is 1.00. The van der Waals surface area contributed by atoms with Gasteiger partial charge in [-0.15, -0.1) is 0 Å². The van der Waals surface area contributed by atoms with Crippen molar-refractivity contribution in [1.29, 1.82) is 0 Å². The summed E-state index contributed by atoms with van der Waals surface area (Å²) in [6.45, 7) is 0.889. The summed E-state index contributed by atoms with van der Waals surface area (Å²) in [7, 11) is 0. The normalized spacial score (nSPS) is 19.2. The van der Waals surface area contributed by atoms with E-state index in [2.05, 4.69) is 11.7 Å². The van der Waals surface area contributed by atoms with Gasteiger partial charge < -0.3 is 5.32 Å². The Morgan fingerprint density at radius 1 is 1.80 bits per heavy atom. The first kappa shape index (κ1) is 2.76. The maximum atomic E-state index is 2.93. The highest BCUT2D eigenvalue weighted by Gasteiger charge is 1.83. The van der Waals surface area contributed by atoms with Crippen LogP contribution in [0.3, 0.4) is 0 Å². The first-order valence-corrected chi connectivity index (χ1v) is 1.62. The summed E-state index contributed by atoms with van der Waals surface area (Å²) < 4.78 is 0. The van der Waals surface area contributed by atoms with Crippen LogP contribution in [0, 0.1) is 6.42 Å². The highest BCUT2D eigenvalue weighted by molar-refractivity contribution is 5.01. The molecule has 1 heteroatoms. The molecule has 0 aromatic carbocycles. The average Bonchev–Trinajstić information content (AvgIpc) is 1.76. The minimum absolute atomic E-state index is 0.889. The molecule has 1 heterocycles. The molecule has 5 heavy (non-hydrogen) atoms. The van der Waals surface area contributed by atoms with E-state index in [0.29, 0.717) is 0 Å². The standard InChI is InChI=1S/C4H5N/c1-2-4-5-3-1/h1,3,5H,4H2. The molecule has 0 aromatic rings. The minimum Gasteiger partial charge on any atom is -0.390 e. The lowest BCUT2D eigenvalue weighted by Crippen LogP contribution is -1.97. The van der Waals surface area contributed by atoms with Crippen LogP contribution in [0.25, 0.3) is 0 Å². The molecule has 0 atom stereocenters. The van der Waals surface area contributed by atoms with Crippen molar-refractivity contribution in [1.82, 2.24) is 5.32 Å². The average molecular weight is 67.1 g/mol. The zero-order valence-corrected chi connectivity index (χ0v) is 2.86. The molecule has 0 aliphatic carbocycles. The topological polar surface area (TPSA) is 12.0 Å². The SMILES string of the molecule is [C]1C=CNC1. The fourth-order valence-corrected chi connectivity index (χ4v) is 0.295. The van der Waals surface area contributed by atoms with Crippen molar-refractivity contribution < 1.29 is 0 Å². The maximum Gasteiger partial charge on any atom is 0.0307 e. The largest absolute Gasteiger partial charge is 0.390 e. The van der Waals surface area contributed by atoms with E-state index in [4.69, 9.17) is 0 Å². The Morgan fingerprint density at radius 2 is 2.80 bits per heavy atom. The van der Waals surface area contributed by atoms with Gasteiger partial charge in [-0.2, -0.15) is 0 Å². The molecule has 1 rings (SSSR count). The van der Waals surface area contributed by atoms with Gasteiger partial charge in [0.25, 0.3) is 0 Å². The molecule has 0 amide bonds. The smallest absolute Gasteiger partial charge is 0.0307 e. The van der Waals surface area contributed by atoms with Gasteiger partial charge in [0.15, 0.2) is 0 Å². The molecule has 2 radical (unpaired) electrons. The number of hydrogen-bond donors (Lipinski definition) is 1. The van der Waals surface area contributed by atoms with Gasteiger partial charge in [0.1, 0.15) is 0 Å². The van der Waals surface area contributed by atoms with Crippen molar-refractivity contribution in [3.63, 3.8) is 0 Å². The monoisotopic (exact) mass is 67.0 g/mol. The van der Waals surface area contributed by atoms with E-state index in [1.807, 2.05) is 12.3 Å². The molecule has 0 aromatic heterocycles. The van der Waals surface area contributed by atoms with E-state index in [-0.39, 0.29) is 0 Å². The van der Waals surface area contributed by atoms with Crippen LogP contribution in [0.2, 0.25) is 0 Å². The molecule has 1 N–H and O–H groups in total. The molecule has 0 fully saturated rings. The highest BCUT2D eigenvalue weighted by Crippen LogP contribution is 1.82. The Balaban J connectivity index is 2.32. The van der Waals surface area contributed by atoms with Crippen molar-refractivity contribution in [3.8, 4) is 0 Å². The Bertz CT molecular complexity index is 41.6. The molecule has 0 spiro atoms. The maximum absolute atomic E-state index is 2.93. The van der Waals surface area contributed by atoms with Gasteiger partial charge in [0.05, 0.1) is 0 Å². The van der Waals surface area contributed by atoms with Crippen LogP contribution < -0.4 is 5.32 Å². The minimum atomic E-state index is 0.889. The zero-order valence-electron chi connectivity index (χ0n) is 2.86. The number of rotatable bonds is 0. The zero-order chi connectivity index (χ0) is 3.54. The Labute approximate surface area is 31.7 Å². The molecule has 1 nitrogen and oxygen atoms in total. The lowest BCUT2D eigenvalue weighted by Gasteiger charge is -1.77. The molecule has 0 saturated heterocycles. The second-order valence-corrected chi connectivity index (χ2v) is 0.918. The van der Waals surface area contributed by atoms with Crippen LogP contribution >= 0.6 is 0 Å². The van der Waals surface area contributed by atoms with Crippen LogP contribution in [0.5, 0.6) is 0 Å². The van der Waals surface area contributed by atoms with Crippen molar-refractivity contribution in [2.75, 3.05) is 6.54 Å². The van der Waals surface area contributed by atoms with E-state index in [1.165, 1.54) is 0 Å². The van der Waals surface area contributed by atoms with Gasteiger partial charge >= 0.3 is 0 Å². The lowest BCUT2D eigenvalue weighted by atomic mass is 10.5. The van der Waals surface area contributed by atoms with Crippen LogP contribution in [-0.2, 0) is 0 Å². The Hall–Kier alpha value is -0.460. The molecule has 1 aliphatic rings. The van der Waals surface area contributed by atoms with Crippen molar-refractivity contribution in [2.45, 2.75) is 0 Å². The summed E-state index contributed by atoms with van der Waals surface area (Å²) in [6, 6.07) is 0. The molecule has 26 valence electrons. The second kappa shape index (κ2) is 1.11. The van der Waals surface area contributed by atoms with Gasteiger partial charge in [-0.3, -0.25) is 0 Å². The summed E-state index contributed by atoms with van der Waals surface area (Å²) in [5, 5.41) is 2.93. The first-order chi connectivity index (χ1) is 2.50. The quantitative estimate of drug-likeness (QED) is 0.426. The summed E-state index contributed by atoms with van der Waals surface area (Å²) in [6.07, 6.45) is 6.68. The number of hydrogen-bond acceptors (Lipinski definition) is 1. The predicted octanol–water partition coefficient (Wildman–Crippen LogP) is 0.185. The van der Waals surface area contributed by atoms with Crippen molar-refractivity contribution >= 4 is 0 Å². The van der Waals surface area contributed by atoms with Gasteiger partial charge in [0.2, 0.25) is 0 Å². The molecular formula is C4H5N. The fourth-order valence-electron chi connectivity index (χ4n) is 0.295. The summed E-state index contributed by atoms with van der Waals surface area (Å²) in [4.78, 5) is 0. The molecule has 0 saturated carbocycles.